The number of nitrogens with one attached hydrogen (secondary N) is 1. The fourth-order valence-electron chi connectivity index (χ4n) is 1.35. The summed E-state index contributed by atoms with van der Waals surface area (Å²) < 4.78 is 10.4. The molecule has 1 aliphatic carbocycles. The van der Waals surface area contributed by atoms with E-state index in [1.165, 1.54) is 12.8 Å². The molecule has 0 bridgehead atoms. The van der Waals surface area contributed by atoms with Crippen LogP contribution in [0.1, 0.15) is 24.6 Å². The molecule has 1 heterocycles. The van der Waals surface area contributed by atoms with E-state index in [9.17, 15) is 0 Å². The number of rotatable bonds is 7. The molecule has 1 saturated carbocycles. The highest BCUT2D eigenvalue weighted by molar-refractivity contribution is 4.85. The quantitative estimate of drug-likeness (QED) is 0.713. The van der Waals surface area contributed by atoms with Crippen molar-refractivity contribution in [2.75, 3.05) is 20.3 Å². The largest absolute Gasteiger partial charge is 0.425 e. The van der Waals surface area contributed by atoms with Crippen molar-refractivity contribution in [3.8, 4) is 0 Å². The minimum atomic E-state index is 0.627. The maximum absolute atomic E-state index is 5.45. The SMILES string of the molecule is COCCc1nnc(CCNC2CC2)o1. The van der Waals surface area contributed by atoms with Gasteiger partial charge in [0.05, 0.1) is 6.61 Å². The molecule has 1 aliphatic rings. The van der Waals surface area contributed by atoms with Crippen LogP contribution in [0.15, 0.2) is 4.42 Å². The summed E-state index contributed by atoms with van der Waals surface area (Å²) >= 11 is 0. The second-order valence-corrected chi connectivity index (χ2v) is 3.81. The van der Waals surface area contributed by atoms with Crippen molar-refractivity contribution in [2.45, 2.75) is 31.7 Å². The predicted octanol–water partition coefficient (Wildman–Crippen LogP) is 0.553. The minimum absolute atomic E-state index is 0.627. The molecular formula is C10H17N3O2. The Morgan fingerprint density at radius 1 is 1.33 bits per heavy atom. The Morgan fingerprint density at radius 2 is 2.07 bits per heavy atom. The summed E-state index contributed by atoms with van der Waals surface area (Å²) in [5, 5.41) is 11.3. The topological polar surface area (TPSA) is 60.2 Å². The van der Waals surface area contributed by atoms with Crippen LogP contribution in [0.2, 0.25) is 0 Å². The van der Waals surface area contributed by atoms with Crippen LogP contribution in [0.4, 0.5) is 0 Å². The zero-order valence-corrected chi connectivity index (χ0v) is 9.03. The molecule has 0 spiro atoms. The zero-order chi connectivity index (χ0) is 10.5. The Kier molecular flexibility index (Phi) is 3.69. The molecule has 0 saturated heterocycles. The van der Waals surface area contributed by atoms with Gasteiger partial charge in [0.1, 0.15) is 0 Å². The number of methoxy groups -OCH3 is 1. The fourth-order valence-corrected chi connectivity index (χ4v) is 1.35. The molecule has 1 fully saturated rings. The molecule has 0 aliphatic heterocycles. The summed E-state index contributed by atoms with van der Waals surface area (Å²) in [6, 6.07) is 0.737. The van der Waals surface area contributed by atoms with Crippen LogP contribution in [-0.2, 0) is 17.6 Å². The molecule has 2 rings (SSSR count). The first-order chi connectivity index (χ1) is 7.38. The van der Waals surface area contributed by atoms with Crippen molar-refractivity contribution >= 4 is 0 Å². The first-order valence-electron chi connectivity index (χ1n) is 5.42. The van der Waals surface area contributed by atoms with Crippen LogP contribution in [0.3, 0.4) is 0 Å². The molecule has 5 nitrogen and oxygen atoms in total. The van der Waals surface area contributed by atoms with Crippen LogP contribution < -0.4 is 5.32 Å². The predicted molar refractivity (Wildman–Crippen MR) is 54.6 cm³/mol. The van der Waals surface area contributed by atoms with Gasteiger partial charge in [0.25, 0.3) is 0 Å². The van der Waals surface area contributed by atoms with Crippen LogP contribution in [-0.4, -0.2) is 36.5 Å². The molecule has 84 valence electrons. The molecule has 0 aromatic carbocycles. The Bertz CT molecular complexity index is 297. The van der Waals surface area contributed by atoms with E-state index < -0.39 is 0 Å². The summed E-state index contributed by atoms with van der Waals surface area (Å²) in [5.74, 6) is 1.38. The Labute approximate surface area is 89.2 Å². The molecule has 0 radical (unpaired) electrons. The zero-order valence-electron chi connectivity index (χ0n) is 9.03. The first kappa shape index (κ1) is 10.6. The van der Waals surface area contributed by atoms with Crippen molar-refractivity contribution in [2.24, 2.45) is 0 Å². The standard InChI is InChI=1S/C10H17N3O2/c1-14-7-5-10-13-12-9(15-10)4-6-11-8-2-3-8/h8,11H,2-7H2,1H3. The number of aromatic nitrogens is 2. The lowest BCUT2D eigenvalue weighted by atomic mass is 10.4. The molecule has 1 aromatic rings. The highest BCUT2D eigenvalue weighted by atomic mass is 16.5. The molecule has 1 aromatic heterocycles. The highest BCUT2D eigenvalue weighted by Crippen LogP contribution is 2.18. The van der Waals surface area contributed by atoms with Gasteiger partial charge in [-0.3, -0.25) is 0 Å². The fraction of sp³-hybridized carbons (Fsp3) is 0.800. The summed E-state index contributed by atoms with van der Waals surface area (Å²) in [7, 11) is 1.66. The number of nitrogens with zero attached hydrogens (tertiary/aromatic N) is 2. The van der Waals surface area contributed by atoms with Crippen molar-refractivity contribution < 1.29 is 9.15 Å². The van der Waals surface area contributed by atoms with Gasteiger partial charge >= 0.3 is 0 Å². The lowest BCUT2D eigenvalue weighted by Crippen LogP contribution is -2.19. The molecule has 0 atom stereocenters. The van der Waals surface area contributed by atoms with Crippen molar-refractivity contribution in [3.63, 3.8) is 0 Å². The van der Waals surface area contributed by atoms with Crippen LogP contribution >= 0.6 is 0 Å². The monoisotopic (exact) mass is 211 g/mol. The average molecular weight is 211 g/mol. The van der Waals surface area contributed by atoms with Gasteiger partial charge < -0.3 is 14.5 Å². The average Bonchev–Trinajstić information content (AvgIpc) is 2.95. The third-order valence-electron chi connectivity index (χ3n) is 2.38. The van der Waals surface area contributed by atoms with E-state index in [4.69, 9.17) is 9.15 Å². The maximum Gasteiger partial charge on any atom is 0.218 e. The Hall–Kier alpha value is -0.940. The van der Waals surface area contributed by atoms with Crippen LogP contribution in [0.5, 0.6) is 0 Å². The number of ether oxygens (including phenoxy) is 1. The third-order valence-corrected chi connectivity index (χ3v) is 2.38. The van der Waals surface area contributed by atoms with Gasteiger partial charge in [0.2, 0.25) is 11.8 Å². The summed E-state index contributed by atoms with van der Waals surface area (Å²) in [6.45, 7) is 1.55. The lowest BCUT2D eigenvalue weighted by molar-refractivity contribution is 0.194. The second kappa shape index (κ2) is 5.23. The van der Waals surface area contributed by atoms with Gasteiger partial charge in [-0.05, 0) is 12.8 Å². The first-order valence-corrected chi connectivity index (χ1v) is 5.42. The van der Waals surface area contributed by atoms with Gasteiger partial charge in [0.15, 0.2) is 0 Å². The van der Waals surface area contributed by atoms with Crippen LogP contribution in [0, 0.1) is 0 Å². The summed E-state index contributed by atoms with van der Waals surface area (Å²) in [5.41, 5.74) is 0. The highest BCUT2D eigenvalue weighted by Gasteiger charge is 2.20. The van der Waals surface area contributed by atoms with Crippen molar-refractivity contribution in [1.29, 1.82) is 0 Å². The molecule has 0 unspecified atom stereocenters. The second-order valence-electron chi connectivity index (χ2n) is 3.81. The third kappa shape index (κ3) is 3.60. The van der Waals surface area contributed by atoms with E-state index >= 15 is 0 Å². The molecule has 15 heavy (non-hydrogen) atoms. The van der Waals surface area contributed by atoms with Gasteiger partial charge in [0, 0.05) is 32.5 Å². The molecular weight excluding hydrogens is 194 g/mol. The lowest BCUT2D eigenvalue weighted by Gasteiger charge is -1.97. The van der Waals surface area contributed by atoms with Gasteiger partial charge in [-0.25, -0.2) is 0 Å². The molecule has 1 N–H and O–H groups in total. The van der Waals surface area contributed by atoms with E-state index in [1.54, 1.807) is 7.11 Å². The molecule has 0 amide bonds. The van der Waals surface area contributed by atoms with Gasteiger partial charge in [-0.1, -0.05) is 0 Å². The van der Waals surface area contributed by atoms with E-state index in [1.807, 2.05) is 0 Å². The van der Waals surface area contributed by atoms with E-state index in [2.05, 4.69) is 15.5 Å². The van der Waals surface area contributed by atoms with Crippen molar-refractivity contribution in [3.05, 3.63) is 11.8 Å². The molecule has 5 heteroatoms. The maximum atomic E-state index is 5.45. The van der Waals surface area contributed by atoms with Gasteiger partial charge in [-0.2, -0.15) is 0 Å². The smallest absolute Gasteiger partial charge is 0.218 e. The number of hydrogen-bond donors (Lipinski definition) is 1. The normalized spacial score (nSPS) is 15.8. The summed E-state index contributed by atoms with van der Waals surface area (Å²) in [6.07, 6.45) is 4.13. The van der Waals surface area contributed by atoms with E-state index in [0.717, 1.165) is 19.0 Å². The van der Waals surface area contributed by atoms with Crippen LogP contribution in [0.25, 0.3) is 0 Å². The number of hydrogen-bond acceptors (Lipinski definition) is 5. The van der Waals surface area contributed by atoms with E-state index in [-0.39, 0.29) is 0 Å². The summed E-state index contributed by atoms with van der Waals surface area (Å²) in [4.78, 5) is 0. The Morgan fingerprint density at radius 3 is 2.73 bits per heavy atom. The van der Waals surface area contributed by atoms with Crippen molar-refractivity contribution in [1.82, 2.24) is 15.5 Å². The van der Waals surface area contributed by atoms with E-state index in [0.29, 0.717) is 24.8 Å². The van der Waals surface area contributed by atoms with Gasteiger partial charge in [-0.15, -0.1) is 10.2 Å². The minimum Gasteiger partial charge on any atom is -0.425 e. The Balaban J connectivity index is 1.68.